The number of nitrogens with two attached hydrogens (primary N) is 1. The third-order valence-corrected chi connectivity index (χ3v) is 8.50. The summed E-state index contributed by atoms with van der Waals surface area (Å²) in [6.07, 6.45) is 7.97. The van der Waals surface area contributed by atoms with Gasteiger partial charge in [0.25, 0.3) is 0 Å². The van der Waals surface area contributed by atoms with Crippen LogP contribution < -0.4 is 15.4 Å². The van der Waals surface area contributed by atoms with Gasteiger partial charge in [-0.3, -0.25) is 9.52 Å². The number of hydrogen-bond acceptors (Lipinski definition) is 9. The maximum absolute atomic E-state index is 12.6. The quantitative estimate of drug-likeness (QED) is 0.401. The molecule has 4 heterocycles. The second-order valence-corrected chi connectivity index (χ2v) is 12.2. The minimum absolute atomic E-state index is 0.285. The Morgan fingerprint density at radius 2 is 2.03 bits per heavy atom. The highest BCUT2D eigenvalue weighted by Crippen LogP contribution is 2.37. The zero-order chi connectivity index (χ0) is 25.9. The molecule has 0 radical (unpaired) electrons. The number of thiophene rings is 1. The first kappa shape index (κ1) is 26.5. The number of anilines is 2. The van der Waals surface area contributed by atoms with Crippen molar-refractivity contribution in [3.8, 4) is 11.5 Å². The summed E-state index contributed by atoms with van der Waals surface area (Å²) in [6, 6.07) is 3.53. The molecule has 9 nitrogen and oxygen atoms in total. The standard InChI is InChI=1S/C23H25Cl2N5O4S2/c1-2-15-12-28-23(34-15)17-13-27-21(19(25)20(17)26)30-9-7-14(8-10-30)22(31)29-36(32,33)11-3-4-16-5-6-18(24)35-16/h3-6,12-14H,2,7-11H2,1H3,(H2,26,27)(H,29,31). The lowest BCUT2D eigenvalue weighted by Crippen LogP contribution is -2.43. The molecule has 36 heavy (non-hydrogen) atoms. The maximum atomic E-state index is 12.6. The van der Waals surface area contributed by atoms with E-state index in [1.807, 2.05) is 11.8 Å². The minimum Gasteiger partial charge on any atom is -0.441 e. The van der Waals surface area contributed by atoms with E-state index < -0.39 is 21.8 Å². The number of nitrogens with zero attached hydrogens (tertiary/aromatic N) is 3. The smallest absolute Gasteiger partial charge is 0.238 e. The molecule has 0 spiro atoms. The molecule has 0 atom stereocenters. The van der Waals surface area contributed by atoms with E-state index >= 15 is 0 Å². The van der Waals surface area contributed by atoms with Gasteiger partial charge in [-0.2, -0.15) is 0 Å². The molecule has 1 aliphatic heterocycles. The molecule has 1 aliphatic rings. The first-order valence-corrected chi connectivity index (χ1v) is 14.5. The second kappa shape index (κ2) is 11.2. The number of pyridine rings is 1. The van der Waals surface area contributed by atoms with Gasteiger partial charge in [-0.05, 0) is 31.1 Å². The summed E-state index contributed by atoms with van der Waals surface area (Å²) in [4.78, 5) is 24.1. The molecule has 4 rings (SSSR count). The molecule has 1 saturated heterocycles. The predicted octanol–water partition coefficient (Wildman–Crippen LogP) is 4.63. The molecule has 0 saturated carbocycles. The van der Waals surface area contributed by atoms with Crippen LogP contribution in [0.15, 0.2) is 35.0 Å². The molecular formula is C23H25Cl2N5O4S2. The number of aryl methyl sites for hydroxylation is 1. The number of carbonyl (C=O) groups is 1. The van der Waals surface area contributed by atoms with Crippen molar-refractivity contribution >= 4 is 68.1 Å². The van der Waals surface area contributed by atoms with Crippen LogP contribution in [0, 0.1) is 5.92 Å². The van der Waals surface area contributed by atoms with Crippen molar-refractivity contribution in [1.82, 2.24) is 14.7 Å². The molecule has 1 amide bonds. The van der Waals surface area contributed by atoms with Gasteiger partial charge in [0.1, 0.15) is 16.6 Å². The zero-order valence-corrected chi connectivity index (χ0v) is 22.6. The Balaban J connectivity index is 1.34. The van der Waals surface area contributed by atoms with E-state index in [0.29, 0.717) is 59.6 Å². The average molecular weight is 571 g/mol. The summed E-state index contributed by atoms with van der Waals surface area (Å²) < 4.78 is 33.2. The van der Waals surface area contributed by atoms with Crippen LogP contribution in [0.5, 0.6) is 0 Å². The van der Waals surface area contributed by atoms with E-state index in [2.05, 4.69) is 14.7 Å². The lowest BCUT2D eigenvalue weighted by Gasteiger charge is -2.32. The van der Waals surface area contributed by atoms with Gasteiger partial charge in [-0.15, -0.1) is 11.3 Å². The maximum Gasteiger partial charge on any atom is 0.238 e. The van der Waals surface area contributed by atoms with E-state index in [0.717, 1.165) is 10.6 Å². The highest BCUT2D eigenvalue weighted by Gasteiger charge is 2.29. The number of amides is 1. The zero-order valence-electron chi connectivity index (χ0n) is 19.4. The summed E-state index contributed by atoms with van der Waals surface area (Å²) in [5, 5.41) is 0.285. The number of halogens is 2. The normalized spacial score (nSPS) is 15.0. The Bertz CT molecular complexity index is 1380. The Hall–Kier alpha value is -2.60. The number of rotatable bonds is 8. The van der Waals surface area contributed by atoms with Crippen molar-refractivity contribution in [2.45, 2.75) is 26.2 Å². The van der Waals surface area contributed by atoms with Gasteiger partial charge in [-0.25, -0.2) is 18.4 Å². The number of carbonyl (C=O) groups excluding carboxylic acids is 1. The molecule has 3 aromatic rings. The largest absolute Gasteiger partial charge is 0.441 e. The number of aromatic nitrogens is 2. The fourth-order valence-corrected chi connectivity index (χ4v) is 5.99. The fraction of sp³-hybridized carbons (Fsp3) is 0.348. The van der Waals surface area contributed by atoms with Crippen molar-refractivity contribution in [3.05, 3.63) is 50.6 Å². The van der Waals surface area contributed by atoms with Gasteiger partial charge in [0, 0.05) is 36.5 Å². The second-order valence-electron chi connectivity index (χ2n) is 8.26. The molecule has 13 heteroatoms. The topological polar surface area (TPSA) is 131 Å². The van der Waals surface area contributed by atoms with Crippen LogP contribution in [0.1, 0.15) is 30.4 Å². The molecule has 0 unspecified atom stereocenters. The van der Waals surface area contributed by atoms with Crippen molar-refractivity contribution in [2.75, 3.05) is 29.5 Å². The Labute approximate surface area is 223 Å². The fourth-order valence-electron chi connectivity index (χ4n) is 3.82. The molecule has 0 bridgehead atoms. The monoisotopic (exact) mass is 569 g/mol. The van der Waals surface area contributed by atoms with Crippen LogP contribution in [0.4, 0.5) is 11.5 Å². The predicted molar refractivity (Wildman–Crippen MR) is 144 cm³/mol. The highest BCUT2D eigenvalue weighted by atomic mass is 35.5. The van der Waals surface area contributed by atoms with Crippen LogP contribution >= 0.6 is 34.5 Å². The molecule has 192 valence electrons. The number of sulfonamides is 1. The van der Waals surface area contributed by atoms with Gasteiger partial charge in [0.05, 0.1) is 27.5 Å². The number of nitrogen functional groups attached to an aromatic ring is 1. The minimum atomic E-state index is -3.80. The van der Waals surface area contributed by atoms with Crippen LogP contribution in [-0.4, -0.2) is 43.1 Å². The van der Waals surface area contributed by atoms with Gasteiger partial charge in [-0.1, -0.05) is 36.2 Å². The van der Waals surface area contributed by atoms with E-state index in [4.69, 9.17) is 33.4 Å². The molecule has 3 N–H and O–H groups in total. The van der Waals surface area contributed by atoms with Crippen molar-refractivity contribution < 1.29 is 17.6 Å². The van der Waals surface area contributed by atoms with Gasteiger partial charge < -0.3 is 15.1 Å². The Morgan fingerprint density at radius 1 is 1.28 bits per heavy atom. The summed E-state index contributed by atoms with van der Waals surface area (Å²) in [5.41, 5.74) is 7.08. The third-order valence-electron chi connectivity index (χ3n) is 5.78. The first-order valence-electron chi connectivity index (χ1n) is 11.3. The van der Waals surface area contributed by atoms with Gasteiger partial charge in [0.15, 0.2) is 0 Å². The molecule has 0 aliphatic carbocycles. The van der Waals surface area contributed by atoms with Crippen LogP contribution in [0.3, 0.4) is 0 Å². The summed E-state index contributed by atoms with van der Waals surface area (Å²) in [7, 11) is -3.80. The van der Waals surface area contributed by atoms with E-state index in [9.17, 15) is 13.2 Å². The number of hydrogen-bond donors (Lipinski definition) is 2. The Morgan fingerprint density at radius 3 is 2.67 bits per heavy atom. The number of nitrogens with one attached hydrogen (secondary N) is 1. The van der Waals surface area contributed by atoms with E-state index in [1.165, 1.54) is 17.4 Å². The van der Waals surface area contributed by atoms with Crippen LogP contribution in [-0.2, 0) is 21.2 Å². The SMILES string of the molecule is CCc1cnc(-c2cnc(N3CCC(C(=O)NS(=O)(=O)CC=Cc4ccc(Cl)s4)CC3)c(Cl)c2N)o1. The molecular weight excluding hydrogens is 545 g/mol. The summed E-state index contributed by atoms with van der Waals surface area (Å²) >= 11 is 13.7. The highest BCUT2D eigenvalue weighted by molar-refractivity contribution is 7.90. The summed E-state index contributed by atoms with van der Waals surface area (Å²) in [6.45, 7) is 2.91. The Kier molecular flexibility index (Phi) is 8.23. The lowest BCUT2D eigenvalue weighted by atomic mass is 9.96. The van der Waals surface area contributed by atoms with Crippen LogP contribution in [0.2, 0.25) is 9.36 Å². The van der Waals surface area contributed by atoms with Crippen molar-refractivity contribution in [1.29, 1.82) is 0 Å². The molecule has 3 aromatic heterocycles. The van der Waals surface area contributed by atoms with Crippen molar-refractivity contribution in [3.63, 3.8) is 0 Å². The molecule has 0 aromatic carbocycles. The van der Waals surface area contributed by atoms with E-state index in [-0.39, 0.29) is 10.8 Å². The summed E-state index contributed by atoms with van der Waals surface area (Å²) in [5.74, 6) is 0.345. The third kappa shape index (κ3) is 6.20. The van der Waals surface area contributed by atoms with Crippen molar-refractivity contribution in [2.24, 2.45) is 5.92 Å². The first-order chi connectivity index (χ1) is 17.2. The van der Waals surface area contributed by atoms with Crippen LogP contribution in [0.25, 0.3) is 17.5 Å². The van der Waals surface area contributed by atoms with Gasteiger partial charge >= 0.3 is 0 Å². The average Bonchev–Trinajstić information content (AvgIpc) is 3.49. The number of piperidine rings is 1. The van der Waals surface area contributed by atoms with Gasteiger partial charge in [0.2, 0.25) is 21.8 Å². The number of oxazole rings is 1. The van der Waals surface area contributed by atoms with E-state index in [1.54, 1.807) is 30.6 Å². The molecule has 1 fully saturated rings. The lowest BCUT2D eigenvalue weighted by molar-refractivity contribution is -0.123.